The molecule has 0 spiro atoms. The molecule has 0 amide bonds. The molecule has 1 fully saturated rings. The molecule has 1 saturated carbocycles. The zero-order valence-corrected chi connectivity index (χ0v) is 7.50. The summed E-state index contributed by atoms with van der Waals surface area (Å²) in [6, 6.07) is 0. The van der Waals surface area contributed by atoms with E-state index in [9.17, 15) is 8.78 Å². The topological polar surface area (TPSA) is 0 Å². The minimum absolute atomic E-state index is 0.118. The van der Waals surface area contributed by atoms with Gasteiger partial charge in [-0.2, -0.15) is 0 Å². The fraction of sp³-hybridized carbons (Fsp3) is 1.00. The lowest BCUT2D eigenvalue weighted by Gasteiger charge is -2.20. The Morgan fingerprint density at radius 2 is 1.36 bits per heavy atom. The Hall–Kier alpha value is -0.140. The molecule has 0 bridgehead atoms. The van der Waals surface area contributed by atoms with Crippen molar-refractivity contribution in [2.24, 2.45) is 0 Å². The van der Waals surface area contributed by atoms with Gasteiger partial charge in [0, 0.05) is 12.8 Å². The fourth-order valence-electron chi connectivity index (χ4n) is 1.07. The first-order valence-corrected chi connectivity index (χ1v) is 4.50. The van der Waals surface area contributed by atoms with E-state index in [1.807, 2.05) is 0 Å². The Kier molecular flexibility index (Phi) is 5.43. The smallest absolute Gasteiger partial charge is 0.207 e. The summed E-state index contributed by atoms with van der Waals surface area (Å²) >= 11 is 0. The van der Waals surface area contributed by atoms with Crippen LogP contribution < -0.4 is 0 Å². The van der Waals surface area contributed by atoms with Crippen molar-refractivity contribution < 1.29 is 8.78 Å². The minimum atomic E-state index is -2.32. The largest absolute Gasteiger partial charge is 0.248 e. The van der Waals surface area contributed by atoms with Gasteiger partial charge in [0.05, 0.1) is 0 Å². The predicted octanol–water partition coefficient (Wildman–Crippen LogP) is 4.00. The van der Waals surface area contributed by atoms with Crippen molar-refractivity contribution in [3.8, 4) is 0 Å². The van der Waals surface area contributed by atoms with Gasteiger partial charge in [-0.25, -0.2) is 8.78 Å². The molecule has 0 aliphatic heterocycles. The van der Waals surface area contributed by atoms with Gasteiger partial charge in [0.1, 0.15) is 0 Å². The van der Waals surface area contributed by atoms with Gasteiger partial charge in [0.15, 0.2) is 0 Å². The number of rotatable bonds is 0. The van der Waals surface area contributed by atoms with E-state index in [1.165, 1.54) is 6.42 Å². The molecule has 0 unspecified atom stereocenters. The summed E-state index contributed by atoms with van der Waals surface area (Å²) in [4.78, 5) is 0. The zero-order chi connectivity index (χ0) is 8.74. The lowest BCUT2D eigenvalue weighted by atomic mass is 9.97. The summed E-state index contributed by atoms with van der Waals surface area (Å²) in [6.07, 6.45) is 3.91. The molecule has 0 aromatic rings. The molecule has 0 aromatic carbocycles. The number of halogens is 2. The Bertz CT molecular complexity index is 81.6. The maximum atomic E-state index is 12.2. The van der Waals surface area contributed by atoms with Crippen molar-refractivity contribution in [2.75, 3.05) is 0 Å². The van der Waals surface area contributed by atoms with E-state index in [-0.39, 0.29) is 12.8 Å². The third-order valence-electron chi connectivity index (χ3n) is 1.59. The van der Waals surface area contributed by atoms with E-state index in [2.05, 4.69) is 13.8 Å². The second-order valence-electron chi connectivity index (χ2n) is 3.12. The zero-order valence-electron chi connectivity index (χ0n) is 7.50. The molecule has 0 heterocycles. The SMILES string of the molecule is CCC.FC1(F)CCCCC1. The normalized spacial score (nSPS) is 21.8. The third-order valence-corrected chi connectivity index (χ3v) is 1.59. The van der Waals surface area contributed by atoms with Gasteiger partial charge < -0.3 is 0 Å². The van der Waals surface area contributed by atoms with E-state index in [0.717, 1.165) is 6.42 Å². The van der Waals surface area contributed by atoms with Crippen LogP contribution in [0.25, 0.3) is 0 Å². The van der Waals surface area contributed by atoms with Crippen molar-refractivity contribution in [1.29, 1.82) is 0 Å². The highest BCUT2D eigenvalue weighted by Crippen LogP contribution is 2.32. The predicted molar refractivity (Wildman–Crippen MR) is 44.0 cm³/mol. The molecular weight excluding hydrogens is 146 g/mol. The van der Waals surface area contributed by atoms with Gasteiger partial charge in [-0.05, 0) is 12.8 Å². The summed E-state index contributed by atoms with van der Waals surface area (Å²) < 4.78 is 24.4. The van der Waals surface area contributed by atoms with Crippen LogP contribution in [0.15, 0.2) is 0 Å². The van der Waals surface area contributed by atoms with Gasteiger partial charge >= 0.3 is 0 Å². The van der Waals surface area contributed by atoms with Crippen LogP contribution in [0.3, 0.4) is 0 Å². The van der Waals surface area contributed by atoms with E-state index in [4.69, 9.17) is 0 Å². The van der Waals surface area contributed by atoms with Crippen LogP contribution in [0.2, 0.25) is 0 Å². The summed E-state index contributed by atoms with van der Waals surface area (Å²) in [6.45, 7) is 4.25. The van der Waals surface area contributed by atoms with Crippen LogP contribution in [0.1, 0.15) is 52.4 Å². The highest BCUT2D eigenvalue weighted by Gasteiger charge is 2.30. The number of hydrogen-bond acceptors (Lipinski definition) is 0. The standard InChI is InChI=1S/C6H10F2.C3H8/c7-6(8)4-2-1-3-5-6;1-3-2/h1-5H2;3H2,1-2H3. The van der Waals surface area contributed by atoms with E-state index < -0.39 is 5.92 Å². The fourth-order valence-corrected chi connectivity index (χ4v) is 1.07. The van der Waals surface area contributed by atoms with Crippen LogP contribution in [-0.2, 0) is 0 Å². The lowest BCUT2D eigenvalue weighted by Crippen LogP contribution is -2.18. The van der Waals surface area contributed by atoms with Gasteiger partial charge in [0.2, 0.25) is 5.92 Å². The molecule has 11 heavy (non-hydrogen) atoms. The second-order valence-corrected chi connectivity index (χ2v) is 3.12. The maximum Gasteiger partial charge on any atom is 0.248 e. The number of hydrogen-bond donors (Lipinski definition) is 0. The van der Waals surface area contributed by atoms with Crippen LogP contribution >= 0.6 is 0 Å². The Morgan fingerprint density at radius 3 is 1.55 bits per heavy atom. The molecule has 0 aromatic heterocycles. The van der Waals surface area contributed by atoms with Gasteiger partial charge in [-0.15, -0.1) is 0 Å². The van der Waals surface area contributed by atoms with Crippen LogP contribution in [0.5, 0.6) is 0 Å². The number of alkyl halides is 2. The summed E-state index contributed by atoms with van der Waals surface area (Å²) in [5.74, 6) is -2.32. The average Bonchev–Trinajstić information content (AvgIpc) is 1.88. The molecule has 1 aliphatic carbocycles. The Labute approximate surface area is 68.0 Å². The molecule has 0 radical (unpaired) electrons. The second kappa shape index (κ2) is 5.50. The van der Waals surface area contributed by atoms with Gasteiger partial charge in [-0.3, -0.25) is 0 Å². The average molecular weight is 164 g/mol. The third kappa shape index (κ3) is 6.27. The first-order valence-electron chi connectivity index (χ1n) is 4.50. The van der Waals surface area contributed by atoms with Gasteiger partial charge in [-0.1, -0.05) is 26.7 Å². The molecule has 0 saturated heterocycles. The molecule has 2 heteroatoms. The Balaban J connectivity index is 0.000000292. The van der Waals surface area contributed by atoms with Crippen LogP contribution in [0.4, 0.5) is 8.78 Å². The highest BCUT2D eigenvalue weighted by atomic mass is 19.3. The lowest BCUT2D eigenvalue weighted by molar-refractivity contribution is -0.0337. The summed E-state index contributed by atoms with van der Waals surface area (Å²) in [7, 11) is 0. The summed E-state index contributed by atoms with van der Waals surface area (Å²) in [5, 5.41) is 0. The van der Waals surface area contributed by atoms with Crippen molar-refractivity contribution in [3.63, 3.8) is 0 Å². The quantitative estimate of drug-likeness (QED) is 0.507. The maximum absolute atomic E-state index is 12.2. The molecule has 0 nitrogen and oxygen atoms in total. The highest BCUT2D eigenvalue weighted by molar-refractivity contribution is 4.70. The minimum Gasteiger partial charge on any atom is -0.207 e. The van der Waals surface area contributed by atoms with Crippen LogP contribution in [0, 0.1) is 0 Å². The van der Waals surface area contributed by atoms with E-state index >= 15 is 0 Å². The molecule has 0 atom stereocenters. The van der Waals surface area contributed by atoms with Crippen LogP contribution in [-0.4, -0.2) is 5.92 Å². The molecule has 1 rings (SSSR count). The molecular formula is C9H18F2. The van der Waals surface area contributed by atoms with Gasteiger partial charge in [0.25, 0.3) is 0 Å². The van der Waals surface area contributed by atoms with Crippen molar-refractivity contribution in [3.05, 3.63) is 0 Å². The monoisotopic (exact) mass is 164 g/mol. The molecule has 0 N–H and O–H groups in total. The van der Waals surface area contributed by atoms with E-state index in [1.54, 1.807) is 0 Å². The van der Waals surface area contributed by atoms with Crippen molar-refractivity contribution >= 4 is 0 Å². The summed E-state index contributed by atoms with van der Waals surface area (Å²) in [5.41, 5.74) is 0. The van der Waals surface area contributed by atoms with Crippen molar-refractivity contribution in [2.45, 2.75) is 58.3 Å². The molecule has 68 valence electrons. The molecule has 1 aliphatic rings. The Morgan fingerprint density at radius 1 is 1.00 bits per heavy atom. The van der Waals surface area contributed by atoms with E-state index in [0.29, 0.717) is 12.8 Å². The van der Waals surface area contributed by atoms with Crippen molar-refractivity contribution in [1.82, 2.24) is 0 Å². The first kappa shape index (κ1) is 10.9. The first-order chi connectivity index (χ1) is 5.12.